The Hall–Kier alpha value is -2.96. The van der Waals surface area contributed by atoms with Crippen molar-refractivity contribution in [2.75, 3.05) is 11.4 Å². The number of nitrogens with one attached hydrogen (secondary N) is 1. The third-order valence-electron chi connectivity index (χ3n) is 2.50. The smallest absolute Gasteiger partial charge is 0.323 e. The van der Waals surface area contributed by atoms with Crippen molar-refractivity contribution in [2.45, 2.75) is 0 Å². The largest absolute Gasteiger partial charge is 0.480 e. The third kappa shape index (κ3) is 3.08. The average molecular weight is 273 g/mol. The van der Waals surface area contributed by atoms with Crippen molar-refractivity contribution in [1.29, 1.82) is 0 Å². The van der Waals surface area contributed by atoms with E-state index in [0.29, 0.717) is 5.69 Å². The number of aromatic amines is 1. The zero-order chi connectivity index (χ0) is 14.5. The molecule has 2 rings (SSSR count). The molecule has 20 heavy (non-hydrogen) atoms. The van der Waals surface area contributed by atoms with Crippen LogP contribution in [0.4, 0.5) is 5.69 Å². The molecule has 0 radical (unpaired) electrons. The molecule has 2 aromatic rings. The molecule has 0 spiro atoms. The lowest BCUT2D eigenvalue weighted by Gasteiger charge is -2.20. The van der Waals surface area contributed by atoms with Crippen LogP contribution in [0.25, 0.3) is 0 Å². The Labute approximate surface area is 113 Å². The van der Waals surface area contributed by atoms with E-state index >= 15 is 0 Å². The molecule has 0 aliphatic carbocycles. The monoisotopic (exact) mass is 273 g/mol. The summed E-state index contributed by atoms with van der Waals surface area (Å²) in [7, 11) is 0. The summed E-state index contributed by atoms with van der Waals surface area (Å²) in [6.45, 7) is -0.496. The van der Waals surface area contributed by atoms with Gasteiger partial charge in [-0.3, -0.25) is 19.3 Å². The third-order valence-corrected chi connectivity index (χ3v) is 2.50. The van der Waals surface area contributed by atoms with E-state index in [-0.39, 0.29) is 5.69 Å². The van der Waals surface area contributed by atoms with Gasteiger partial charge in [0.1, 0.15) is 12.2 Å². The minimum atomic E-state index is -1.15. The maximum atomic E-state index is 12.3. The molecule has 1 aromatic heterocycles. The quantitative estimate of drug-likeness (QED) is 0.844. The number of carboxylic acids is 1. The van der Waals surface area contributed by atoms with E-state index in [2.05, 4.69) is 10.2 Å². The van der Waals surface area contributed by atoms with Crippen molar-refractivity contribution in [1.82, 2.24) is 10.2 Å². The number of amides is 1. The van der Waals surface area contributed by atoms with Gasteiger partial charge in [0, 0.05) is 11.8 Å². The molecular formula is C13H11N3O4. The maximum Gasteiger partial charge on any atom is 0.323 e. The second-order valence-corrected chi connectivity index (χ2v) is 3.93. The molecule has 1 amide bonds. The predicted octanol–water partition coefficient (Wildman–Crippen LogP) is 0.501. The first kappa shape index (κ1) is 13.5. The summed E-state index contributed by atoms with van der Waals surface area (Å²) in [6.07, 6.45) is 0. The molecule has 0 fully saturated rings. The summed E-state index contributed by atoms with van der Waals surface area (Å²) in [4.78, 5) is 35.2. The molecule has 0 unspecified atom stereocenters. The molecular weight excluding hydrogens is 262 g/mol. The maximum absolute atomic E-state index is 12.3. The van der Waals surface area contributed by atoms with E-state index in [9.17, 15) is 14.4 Å². The minimum absolute atomic E-state index is 0.0327. The van der Waals surface area contributed by atoms with E-state index in [1.807, 2.05) is 0 Å². The fourth-order valence-corrected chi connectivity index (χ4v) is 1.63. The highest BCUT2D eigenvalue weighted by atomic mass is 16.4. The Morgan fingerprint density at radius 1 is 1.15 bits per heavy atom. The zero-order valence-corrected chi connectivity index (χ0v) is 10.3. The first-order chi connectivity index (χ1) is 9.58. The van der Waals surface area contributed by atoms with Crippen molar-refractivity contribution in [2.24, 2.45) is 0 Å². The van der Waals surface area contributed by atoms with E-state index in [1.165, 1.54) is 6.07 Å². The van der Waals surface area contributed by atoms with E-state index in [0.717, 1.165) is 11.0 Å². The lowest BCUT2D eigenvalue weighted by Crippen LogP contribution is -2.36. The second-order valence-electron chi connectivity index (χ2n) is 3.93. The molecule has 0 aliphatic heterocycles. The van der Waals surface area contributed by atoms with Gasteiger partial charge in [0.25, 0.3) is 11.5 Å². The van der Waals surface area contributed by atoms with Crippen LogP contribution in [-0.2, 0) is 4.79 Å². The first-order valence-corrected chi connectivity index (χ1v) is 5.72. The van der Waals surface area contributed by atoms with Crippen molar-refractivity contribution < 1.29 is 14.7 Å². The van der Waals surface area contributed by atoms with Crippen LogP contribution in [0.2, 0.25) is 0 Å². The molecule has 2 N–H and O–H groups in total. The number of H-pyrrole nitrogens is 1. The highest BCUT2D eigenvalue weighted by molar-refractivity contribution is 6.06. The molecule has 7 nitrogen and oxygen atoms in total. The van der Waals surface area contributed by atoms with E-state index < -0.39 is 24.0 Å². The number of hydrogen-bond acceptors (Lipinski definition) is 4. The first-order valence-electron chi connectivity index (χ1n) is 5.72. The summed E-state index contributed by atoms with van der Waals surface area (Å²) >= 11 is 0. The molecule has 0 aliphatic rings. The topological polar surface area (TPSA) is 103 Å². The number of rotatable bonds is 4. The number of aromatic nitrogens is 2. The van der Waals surface area contributed by atoms with Gasteiger partial charge in [-0.2, -0.15) is 5.10 Å². The molecule has 0 saturated heterocycles. The lowest BCUT2D eigenvalue weighted by molar-refractivity contribution is -0.135. The normalized spacial score (nSPS) is 10.0. The summed E-state index contributed by atoms with van der Waals surface area (Å²) in [5.41, 5.74) is -0.0337. The number of anilines is 1. The number of carboxylic acid groups (broad SMARTS) is 1. The highest BCUT2D eigenvalue weighted by Crippen LogP contribution is 2.15. The number of carbonyl (C=O) groups is 2. The highest BCUT2D eigenvalue weighted by Gasteiger charge is 2.21. The Morgan fingerprint density at radius 2 is 1.85 bits per heavy atom. The number of para-hydroxylation sites is 1. The Morgan fingerprint density at radius 3 is 2.40 bits per heavy atom. The van der Waals surface area contributed by atoms with Gasteiger partial charge in [-0.05, 0) is 18.2 Å². The van der Waals surface area contributed by atoms with Crippen LogP contribution in [0.15, 0.2) is 47.3 Å². The molecule has 102 valence electrons. The molecule has 0 bridgehead atoms. The fourth-order valence-electron chi connectivity index (χ4n) is 1.63. The molecule has 0 atom stereocenters. The molecule has 1 heterocycles. The van der Waals surface area contributed by atoms with Gasteiger partial charge in [0.05, 0.1) is 0 Å². The van der Waals surface area contributed by atoms with Crippen LogP contribution in [-0.4, -0.2) is 33.7 Å². The summed E-state index contributed by atoms with van der Waals surface area (Å²) in [6, 6.07) is 10.8. The lowest BCUT2D eigenvalue weighted by atomic mass is 10.2. The number of carbonyl (C=O) groups excluding carboxylic acids is 1. The van der Waals surface area contributed by atoms with Crippen molar-refractivity contribution in [3.63, 3.8) is 0 Å². The van der Waals surface area contributed by atoms with E-state index in [1.54, 1.807) is 30.3 Å². The van der Waals surface area contributed by atoms with Gasteiger partial charge in [-0.25, -0.2) is 5.10 Å². The number of nitrogens with zero attached hydrogens (tertiary/aromatic N) is 2. The van der Waals surface area contributed by atoms with Crippen LogP contribution in [0.3, 0.4) is 0 Å². The van der Waals surface area contributed by atoms with Gasteiger partial charge >= 0.3 is 5.97 Å². The Bertz CT molecular complexity index is 661. The minimum Gasteiger partial charge on any atom is -0.480 e. The van der Waals surface area contributed by atoms with Gasteiger partial charge in [0.2, 0.25) is 0 Å². The van der Waals surface area contributed by atoms with Gasteiger partial charge in [0.15, 0.2) is 0 Å². The summed E-state index contributed by atoms with van der Waals surface area (Å²) in [5, 5.41) is 14.7. The second kappa shape index (κ2) is 5.79. The van der Waals surface area contributed by atoms with Crippen LogP contribution < -0.4 is 10.5 Å². The van der Waals surface area contributed by atoms with Gasteiger partial charge in [-0.1, -0.05) is 18.2 Å². The summed E-state index contributed by atoms with van der Waals surface area (Å²) in [5.74, 6) is -1.75. The summed E-state index contributed by atoms with van der Waals surface area (Å²) < 4.78 is 0. The van der Waals surface area contributed by atoms with E-state index in [4.69, 9.17) is 5.11 Å². The molecule has 7 heteroatoms. The standard InChI is InChI=1S/C13H11N3O4/c17-11-7-6-10(14-15-11)13(20)16(8-12(18)19)9-4-2-1-3-5-9/h1-7H,8H2,(H,15,17)(H,18,19). The Kier molecular flexibility index (Phi) is 3.90. The number of aliphatic carboxylic acids is 1. The van der Waals surface area contributed by atoms with Crippen LogP contribution in [0.5, 0.6) is 0 Å². The SMILES string of the molecule is O=C(O)CN(C(=O)c1ccc(=O)[nH]n1)c1ccccc1. The van der Waals surface area contributed by atoms with Gasteiger partial charge < -0.3 is 5.11 Å². The van der Waals surface area contributed by atoms with Gasteiger partial charge in [-0.15, -0.1) is 0 Å². The average Bonchev–Trinajstić information content (AvgIpc) is 2.45. The van der Waals surface area contributed by atoms with Crippen molar-refractivity contribution in [3.05, 3.63) is 58.5 Å². The molecule has 1 aromatic carbocycles. The van der Waals surface area contributed by atoms with Crippen LogP contribution >= 0.6 is 0 Å². The van der Waals surface area contributed by atoms with Crippen LogP contribution in [0, 0.1) is 0 Å². The zero-order valence-electron chi connectivity index (χ0n) is 10.3. The fraction of sp³-hybridized carbons (Fsp3) is 0.0769. The Balaban J connectivity index is 2.36. The van der Waals surface area contributed by atoms with Crippen molar-refractivity contribution in [3.8, 4) is 0 Å². The van der Waals surface area contributed by atoms with Crippen LogP contribution in [0.1, 0.15) is 10.5 Å². The molecule has 0 saturated carbocycles. The van der Waals surface area contributed by atoms with Crippen molar-refractivity contribution >= 4 is 17.6 Å². The number of hydrogen-bond donors (Lipinski definition) is 2. The number of benzene rings is 1. The predicted molar refractivity (Wildman–Crippen MR) is 70.6 cm³/mol.